The number of hydrogen-bond acceptors (Lipinski definition) is 8. The second kappa shape index (κ2) is 14.2. The molecule has 0 saturated carbocycles. The Balaban J connectivity index is 1.33. The second-order valence-electron chi connectivity index (χ2n) is 10.2. The van der Waals surface area contributed by atoms with Gasteiger partial charge in [0.1, 0.15) is 11.4 Å². The molecule has 4 aromatic rings. The molecular formula is C28H34N10O7. The van der Waals surface area contributed by atoms with Crippen molar-refractivity contribution in [3.8, 4) is 0 Å². The summed E-state index contributed by atoms with van der Waals surface area (Å²) >= 11 is 0. The van der Waals surface area contributed by atoms with Crippen LogP contribution in [-0.2, 0) is 32.5 Å². The van der Waals surface area contributed by atoms with Gasteiger partial charge in [0.2, 0.25) is 11.7 Å². The van der Waals surface area contributed by atoms with E-state index in [1.54, 1.807) is 31.1 Å². The zero-order valence-electron chi connectivity index (χ0n) is 24.9. The molecule has 0 bridgehead atoms. The summed E-state index contributed by atoms with van der Waals surface area (Å²) in [4.78, 5) is 70.4. The Hall–Kier alpha value is -5.71. The number of aromatic nitrogens is 6. The molecule has 4 amide bonds. The number of aliphatic hydroxyl groups excluding tert-OH is 1. The minimum Gasteiger partial charge on any atom is -0.477 e. The van der Waals surface area contributed by atoms with Crippen LogP contribution in [0, 0.1) is 0 Å². The van der Waals surface area contributed by atoms with Gasteiger partial charge in [0.15, 0.2) is 11.6 Å². The monoisotopic (exact) mass is 622 g/mol. The van der Waals surface area contributed by atoms with Gasteiger partial charge in [0.05, 0.1) is 11.4 Å². The van der Waals surface area contributed by atoms with Crippen molar-refractivity contribution in [2.24, 2.45) is 21.1 Å². The highest BCUT2D eigenvalue weighted by molar-refractivity contribution is 6.04. The number of carboxylic acids is 1. The maximum Gasteiger partial charge on any atom is 0.352 e. The van der Waals surface area contributed by atoms with Gasteiger partial charge in [-0.05, 0) is 25.0 Å². The van der Waals surface area contributed by atoms with Crippen LogP contribution in [-0.4, -0.2) is 81.2 Å². The summed E-state index contributed by atoms with van der Waals surface area (Å²) in [7, 11) is 4.87. The zero-order valence-corrected chi connectivity index (χ0v) is 24.9. The Morgan fingerprint density at radius 1 is 0.800 bits per heavy atom. The number of aliphatic hydroxyl groups is 1. The Bertz CT molecular complexity index is 1730. The first-order valence-electron chi connectivity index (χ1n) is 13.9. The lowest BCUT2D eigenvalue weighted by Crippen LogP contribution is -2.29. The van der Waals surface area contributed by atoms with E-state index in [0.717, 1.165) is 0 Å². The van der Waals surface area contributed by atoms with Gasteiger partial charge in [-0.15, -0.1) is 0 Å². The number of carbonyl (C=O) groups excluding carboxylic acids is 4. The number of anilines is 3. The molecule has 6 N–H and O–H groups in total. The average Bonchev–Trinajstić information content (AvgIpc) is 3.75. The van der Waals surface area contributed by atoms with E-state index in [-0.39, 0.29) is 54.1 Å². The third-order valence-electron chi connectivity index (χ3n) is 6.69. The van der Waals surface area contributed by atoms with Crippen molar-refractivity contribution in [3.63, 3.8) is 0 Å². The second-order valence-corrected chi connectivity index (χ2v) is 10.2. The Morgan fingerprint density at radius 2 is 1.44 bits per heavy atom. The van der Waals surface area contributed by atoms with E-state index in [0.29, 0.717) is 25.1 Å². The maximum atomic E-state index is 13.0. The van der Waals surface area contributed by atoms with E-state index in [1.165, 1.54) is 51.5 Å². The molecule has 0 atom stereocenters. The number of aromatic carboxylic acids is 1. The van der Waals surface area contributed by atoms with E-state index >= 15 is 0 Å². The molecule has 17 heteroatoms. The van der Waals surface area contributed by atoms with Gasteiger partial charge >= 0.3 is 5.97 Å². The molecule has 0 aliphatic heterocycles. The normalized spacial score (nSPS) is 10.8. The molecule has 0 aliphatic carbocycles. The number of carboxylic acid groups (broad SMARTS) is 1. The molecule has 45 heavy (non-hydrogen) atoms. The fourth-order valence-corrected chi connectivity index (χ4v) is 4.47. The fraction of sp³-hybridized carbons (Fsp3) is 0.321. The molecule has 0 saturated heterocycles. The Morgan fingerprint density at radius 3 is 2.04 bits per heavy atom. The molecule has 0 spiro atoms. The number of amides is 4. The lowest BCUT2D eigenvalue weighted by molar-refractivity contribution is -0.116. The van der Waals surface area contributed by atoms with E-state index < -0.39 is 29.6 Å². The van der Waals surface area contributed by atoms with Crippen LogP contribution < -0.4 is 21.3 Å². The first kappa shape index (κ1) is 32.2. The first-order valence-corrected chi connectivity index (χ1v) is 13.9. The van der Waals surface area contributed by atoms with Crippen molar-refractivity contribution in [3.05, 3.63) is 66.2 Å². The third-order valence-corrected chi connectivity index (χ3v) is 6.69. The minimum atomic E-state index is -1.15. The SMILES string of the molecule is Cn1cc(NC(=O)c2nc(NC(=O)CCNC(=O)c3cc(NC(=O)c4nccn4C)cn3C)cn2CCCCO)cc1C(=O)O. The summed E-state index contributed by atoms with van der Waals surface area (Å²) in [6.07, 6.45) is 8.58. The molecule has 0 unspecified atom stereocenters. The quantitative estimate of drug-likeness (QED) is 0.110. The number of carbonyl (C=O) groups is 5. The Labute approximate surface area is 256 Å². The van der Waals surface area contributed by atoms with Crippen molar-refractivity contribution in [2.75, 3.05) is 29.1 Å². The highest BCUT2D eigenvalue weighted by Gasteiger charge is 2.20. The summed E-state index contributed by atoms with van der Waals surface area (Å²) in [6, 6.07) is 2.81. The van der Waals surface area contributed by atoms with Crippen LogP contribution in [0.5, 0.6) is 0 Å². The Kier molecular flexibility index (Phi) is 10.1. The van der Waals surface area contributed by atoms with Gasteiger partial charge in [-0.3, -0.25) is 19.2 Å². The predicted molar refractivity (Wildman–Crippen MR) is 161 cm³/mol. The van der Waals surface area contributed by atoms with Crippen molar-refractivity contribution in [1.82, 2.24) is 33.6 Å². The lowest BCUT2D eigenvalue weighted by Gasteiger charge is -2.06. The molecule has 0 fully saturated rings. The van der Waals surface area contributed by atoms with Crippen LogP contribution >= 0.6 is 0 Å². The van der Waals surface area contributed by atoms with Crippen molar-refractivity contribution < 1.29 is 34.2 Å². The number of hydrogen-bond donors (Lipinski definition) is 6. The number of rotatable bonds is 14. The van der Waals surface area contributed by atoms with Crippen LogP contribution in [0.25, 0.3) is 0 Å². The molecule has 4 heterocycles. The van der Waals surface area contributed by atoms with Crippen LogP contribution in [0.2, 0.25) is 0 Å². The smallest absolute Gasteiger partial charge is 0.352 e. The summed E-state index contributed by atoms with van der Waals surface area (Å²) in [5.74, 6) is -2.82. The molecule has 4 aromatic heterocycles. The number of nitrogens with zero attached hydrogens (tertiary/aromatic N) is 6. The van der Waals surface area contributed by atoms with Crippen LogP contribution in [0.3, 0.4) is 0 Å². The maximum absolute atomic E-state index is 13.0. The van der Waals surface area contributed by atoms with Gasteiger partial charge in [0.25, 0.3) is 17.7 Å². The molecule has 0 aliphatic rings. The van der Waals surface area contributed by atoms with E-state index in [1.807, 2.05) is 0 Å². The standard InChI is InChI=1S/C28H34N10O7/c1-35-10-8-29-23(35)26(42)31-17-12-19(36(2)14-17)25(41)30-7-6-22(40)33-21-16-38(9-4-5-11-39)24(34-21)27(43)32-18-13-20(28(44)45)37(3)15-18/h8,10,12-16,39H,4-7,9,11H2,1-3H3,(H,30,41)(H,31,42)(H,32,43)(H,33,40)(H,44,45). The van der Waals surface area contributed by atoms with Gasteiger partial charge in [-0.1, -0.05) is 0 Å². The third kappa shape index (κ3) is 8.02. The van der Waals surface area contributed by atoms with Crippen molar-refractivity contribution in [2.45, 2.75) is 25.8 Å². The molecule has 17 nitrogen and oxygen atoms in total. The van der Waals surface area contributed by atoms with Crippen LogP contribution in [0.1, 0.15) is 61.5 Å². The highest BCUT2D eigenvalue weighted by Crippen LogP contribution is 2.17. The summed E-state index contributed by atoms with van der Waals surface area (Å²) < 4.78 is 5.99. The topological polar surface area (TPSA) is 219 Å². The van der Waals surface area contributed by atoms with E-state index in [4.69, 9.17) is 5.11 Å². The number of imidazole rings is 2. The van der Waals surface area contributed by atoms with Gasteiger partial charge in [0, 0.05) is 78.2 Å². The summed E-state index contributed by atoms with van der Waals surface area (Å²) in [5, 5.41) is 29.0. The molecule has 238 valence electrons. The lowest BCUT2D eigenvalue weighted by atomic mass is 10.3. The minimum absolute atomic E-state index is 0.00468. The van der Waals surface area contributed by atoms with Crippen LogP contribution in [0.4, 0.5) is 17.2 Å². The largest absolute Gasteiger partial charge is 0.477 e. The van der Waals surface area contributed by atoms with Gasteiger partial charge in [-0.2, -0.15) is 0 Å². The number of aryl methyl sites for hydroxylation is 4. The average molecular weight is 623 g/mol. The number of unbranched alkanes of at least 4 members (excludes halogenated alkanes) is 1. The van der Waals surface area contributed by atoms with E-state index in [9.17, 15) is 29.1 Å². The highest BCUT2D eigenvalue weighted by atomic mass is 16.4. The molecule has 0 radical (unpaired) electrons. The van der Waals surface area contributed by atoms with Gasteiger partial charge < -0.3 is 49.7 Å². The van der Waals surface area contributed by atoms with Crippen molar-refractivity contribution >= 4 is 46.8 Å². The molecular weight excluding hydrogens is 588 g/mol. The zero-order chi connectivity index (χ0) is 32.7. The fourth-order valence-electron chi connectivity index (χ4n) is 4.47. The first-order chi connectivity index (χ1) is 21.5. The van der Waals surface area contributed by atoms with Gasteiger partial charge in [-0.25, -0.2) is 14.8 Å². The molecule has 0 aromatic carbocycles. The van der Waals surface area contributed by atoms with E-state index in [2.05, 4.69) is 31.2 Å². The number of nitrogens with one attached hydrogen (secondary N) is 4. The predicted octanol–water partition coefficient (Wildman–Crippen LogP) is 1.03. The molecule has 4 rings (SSSR count). The summed E-state index contributed by atoms with van der Waals surface area (Å²) in [5.41, 5.74) is 0.901. The van der Waals surface area contributed by atoms with Crippen LogP contribution in [0.15, 0.2) is 43.1 Å². The van der Waals surface area contributed by atoms with Crippen molar-refractivity contribution in [1.29, 1.82) is 0 Å². The summed E-state index contributed by atoms with van der Waals surface area (Å²) in [6.45, 7) is 0.296.